The number of amides is 1. The minimum atomic E-state index is -0.0470. The molecule has 0 aliphatic carbocycles. The lowest BCUT2D eigenvalue weighted by Crippen LogP contribution is -2.38. The van der Waals surface area contributed by atoms with Crippen LogP contribution in [-0.2, 0) is 6.54 Å². The summed E-state index contributed by atoms with van der Waals surface area (Å²) in [5, 5.41) is 8.31. The summed E-state index contributed by atoms with van der Waals surface area (Å²) in [4.78, 5) is 17.4. The van der Waals surface area contributed by atoms with Crippen LogP contribution in [0.2, 0.25) is 0 Å². The molecule has 150 valence electrons. The summed E-state index contributed by atoms with van der Waals surface area (Å²) >= 11 is 0. The van der Waals surface area contributed by atoms with E-state index in [2.05, 4.69) is 53.6 Å². The Bertz CT molecular complexity index is 949. The topological polar surface area (TPSA) is 54.3 Å². The summed E-state index contributed by atoms with van der Waals surface area (Å²) in [5.41, 5.74) is 3.75. The van der Waals surface area contributed by atoms with Crippen LogP contribution in [0.1, 0.15) is 46.9 Å². The molecule has 0 N–H and O–H groups in total. The van der Waals surface area contributed by atoms with Crippen LogP contribution in [0.5, 0.6) is 0 Å². The summed E-state index contributed by atoms with van der Waals surface area (Å²) in [6.07, 6.45) is 4.85. The van der Waals surface area contributed by atoms with Crippen molar-refractivity contribution in [3.05, 3.63) is 77.6 Å². The number of hydrogen-bond acceptors (Lipinski definition) is 4. The predicted octanol–water partition coefficient (Wildman–Crippen LogP) is 3.70. The first kappa shape index (κ1) is 19.3. The molecule has 4 rings (SSSR count). The van der Waals surface area contributed by atoms with Crippen LogP contribution in [0.25, 0.3) is 5.69 Å². The van der Waals surface area contributed by atoms with Crippen LogP contribution in [0, 0.1) is 0 Å². The maximum Gasteiger partial charge on any atom is 0.276 e. The standard InChI is InChI=1S/C23H27N5O/c1-26(2)16-18-11-13-19(14-12-18)22-10-6-7-15-27(22)23(29)21-17-28(25-24-21)20-8-4-3-5-9-20/h3-5,8-9,11-14,17,22H,6-7,10,15-16H2,1-2H3. The summed E-state index contributed by atoms with van der Waals surface area (Å²) in [5.74, 6) is -0.0470. The Morgan fingerprint density at radius 2 is 1.83 bits per heavy atom. The number of para-hydroxylation sites is 1. The van der Waals surface area contributed by atoms with Crippen molar-refractivity contribution in [2.24, 2.45) is 0 Å². The molecule has 29 heavy (non-hydrogen) atoms. The quantitative estimate of drug-likeness (QED) is 0.668. The molecule has 6 heteroatoms. The zero-order chi connectivity index (χ0) is 20.2. The smallest absolute Gasteiger partial charge is 0.276 e. The molecule has 1 fully saturated rings. The Morgan fingerprint density at radius 1 is 1.07 bits per heavy atom. The van der Waals surface area contributed by atoms with E-state index in [1.54, 1.807) is 10.9 Å². The number of carbonyl (C=O) groups is 1. The molecule has 0 radical (unpaired) electrons. The Balaban J connectivity index is 1.54. The molecule has 1 aromatic heterocycles. The van der Waals surface area contributed by atoms with Gasteiger partial charge in [-0.3, -0.25) is 4.79 Å². The van der Waals surface area contributed by atoms with Gasteiger partial charge in [0.2, 0.25) is 0 Å². The minimum absolute atomic E-state index is 0.0470. The van der Waals surface area contributed by atoms with Gasteiger partial charge in [0, 0.05) is 13.1 Å². The van der Waals surface area contributed by atoms with E-state index in [9.17, 15) is 4.79 Å². The van der Waals surface area contributed by atoms with Gasteiger partial charge in [0.05, 0.1) is 17.9 Å². The van der Waals surface area contributed by atoms with Gasteiger partial charge < -0.3 is 9.80 Å². The van der Waals surface area contributed by atoms with E-state index >= 15 is 0 Å². The zero-order valence-electron chi connectivity index (χ0n) is 17.0. The minimum Gasteiger partial charge on any atom is -0.330 e. The second-order valence-corrected chi connectivity index (χ2v) is 7.87. The normalized spacial score (nSPS) is 16.9. The predicted molar refractivity (Wildman–Crippen MR) is 113 cm³/mol. The molecule has 2 aromatic carbocycles. The van der Waals surface area contributed by atoms with E-state index in [1.165, 1.54) is 11.1 Å². The van der Waals surface area contributed by atoms with Gasteiger partial charge in [0.25, 0.3) is 5.91 Å². The maximum absolute atomic E-state index is 13.2. The highest BCUT2D eigenvalue weighted by molar-refractivity contribution is 5.92. The summed E-state index contributed by atoms with van der Waals surface area (Å²) < 4.78 is 1.65. The van der Waals surface area contributed by atoms with Gasteiger partial charge in [0.15, 0.2) is 5.69 Å². The number of rotatable bonds is 5. The van der Waals surface area contributed by atoms with E-state index in [-0.39, 0.29) is 11.9 Å². The van der Waals surface area contributed by atoms with Crippen LogP contribution in [-0.4, -0.2) is 51.3 Å². The van der Waals surface area contributed by atoms with Crippen LogP contribution in [0.15, 0.2) is 60.8 Å². The molecule has 0 bridgehead atoms. The van der Waals surface area contributed by atoms with Crippen molar-refractivity contribution in [1.29, 1.82) is 0 Å². The van der Waals surface area contributed by atoms with Crippen LogP contribution in [0.4, 0.5) is 0 Å². The molecule has 1 unspecified atom stereocenters. The van der Waals surface area contributed by atoms with Gasteiger partial charge in [-0.25, -0.2) is 4.68 Å². The first-order valence-corrected chi connectivity index (χ1v) is 10.1. The second kappa shape index (κ2) is 8.57. The van der Waals surface area contributed by atoms with E-state index in [4.69, 9.17) is 0 Å². The van der Waals surface area contributed by atoms with Crippen molar-refractivity contribution in [1.82, 2.24) is 24.8 Å². The fraction of sp³-hybridized carbons (Fsp3) is 0.348. The van der Waals surface area contributed by atoms with E-state index in [0.717, 1.165) is 38.0 Å². The highest BCUT2D eigenvalue weighted by Gasteiger charge is 2.30. The number of benzene rings is 2. The van der Waals surface area contributed by atoms with Gasteiger partial charge in [-0.15, -0.1) is 5.10 Å². The molecule has 2 heterocycles. The lowest BCUT2D eigenvalue weighted by molar-refractivity contribution is 0.0605. The zero-order valence-corrected chi connectivity index (χ0v) is 17.0. The fourth-order valence-electron chi connectivity index (χ4n) is 3.95. The van der Waals surface area contributed by atoms with Crippen molar-refractivity contribution < 1.29 is 4.79 Å². The van der Waals surface area contributed by atoms with Crippen molar-refractivity contribution >= 4 is 5.91 Å². The fourth-order valence-corrected chi connectivity index (χ4v) is 3.95. The number of aromatic nitrogens is 3. The van der Waals surface area contributed by atoms with E-state index < -0.39 is 0 Å². The van der Waals surface area contributed by atoms with Crippen LogP contribution < -0.4 is 0 Å². The maximum atomic E-state index is 13.2. The van der Waals surface area contributed by atoms with Crippen molar-refractivity contribution in [3.8, 4) is 5.69 Å². The monoisotopic (exact) mass is 389 g/mol. The molecule has 3 aromatic rings. The van der Waals surface area contributed by atoms with Crippen molar-refractivity contribution in [2.75, 3.05) is 20.6 Å². The Kier molecular flexibility index (Phi) is 5.71. The first-order chi connectivity index (χ1) is 14.1. The number of piperidine rings is 1. The van der Waals surface area contributed by atoms with E-state index in [0.29, 0.717) is 5.69 Å². The summed E-state index contributed by atoms with van der Waals surface area (Å²) in [7, 11) is 4.14. The lowest BCUT2D eigenvalue weighted by Gasteiger charge is -2.35. The molecule has 0 saturated carbocycles. The third-order valence-electron chi connectivity index (χ3n) is 5.36. The van der Waals surface area contributed by atoms with Crippen LogP contribution >= 0.6 is 0 Å². The van der Waals surface area contributed by atoms with Gasteiger partial charge in [0.1, 0.15) is 0 Å². The molecule has 1 saturated heterocycles. The molecule has 1 aliphatic heterocycles. The lowest BCUT2D eigenvalue weighted by atomic mass is 9.94. The van der Waals surface area contributed by atoms with Crippen molar-refractivity contribution in [3.63, 3.8) is 0 Å². The molecule has 1 aliphatic rings. The van der Waals surface area contributed by atoms with Gasteiger partial charge >= 0.3 is 0 Å². The second-order valence-electron chi connectivity index (χ2n) is 7.87. The Hall–Kier alpha value is -2.99. The summed E-state index contributed by atoms with van der Waals surface area (Å²) in [6, 6.07) is 18.5. The first-order valence-electron chi connectivity index (χ1n) is 10.1. The SMILES string of the molecule is CN(C)Cc1ccc(C2CCCCN2C(=O)c2cn(-c3ccccc3)nn2)cc1. The van der Waals surface area contributed by atoms with Crippen LogP contribution in [0.3, 0.4) is 0 Å². The average Bonchev–Trinajstić information content (AvgIpc) is 3.24. The Morgan fingerprint density at radius 3 is 2.55 bits per heavy atom. The number of likely N-dealkylation sites (tertiary alicyclic amines) is 1. The molecule has 0 spiro atoms. The highest BCUT2D eigenvalue weighted by atomic mass is 16.2. The third-order valence-corrected chi connectivity index (χ3v) is 5.36. The molecule has 1 amide bonds. The molecular weight excluding hydrogens is 362 g/mol. The van der Waals surface area contributed by atoms with E-state index in [1.807, 2.05) is 35.2 Å². The number of carbonyl (C=O) groups excluding carboxylic acids is 1. The Labute approximate surface area is 171 Å². The molecular formula is C23H27N5O. The van der Waals surface area contributed by atoms with Gasteiger partial charge in [-0.2, -0.15) is 0 Å². The number of nitrogens with zero attached hydrogens (tertiary/aromatic N) is 5. The highest BCUT2D eigenvalue weighted by Crippen LogP contribution is 2.32. The summed E-state index contributed by atoms with van der Waals surface area (Å²) in [6.45, 7) is 1.66. The number of hydrogen-bond donors (Lipinski definition) is 0. The molecule has 6 nitrogen and oxygen atoms in total. The van der Waals surface area contributed by atoms with Gasteiger partial charge in [-0.1, -0.05) is 47.7 Å². The largest absolute Gasteiger partial charge is 0.330 e. The van der Waals surface area contributed by atoms with Crippen molar-refractivity contribution in [2.45, 2.75) is 31.8 Å². The average molecular weight is 390 g/mol. The third kappa shape index (κ3) is 4.38. The molecule has 1 atom stereocenters. The van der Waals surface area contributed by atoms with Gasteiger partial charge in [-0.05, 0) is 56.6 Å².